The molecule has 0 saturated heterocycles. The van der Waals surface area contributed by atoms with Crippen LogP contribution in [0.15, 0.2) is 114 Å². The van der Waals surface area contributed by atoms with Gasteiger partial charge in [0.15, 0.2) is 0 Å². The van der Waals surface area contributed by atoms with E-state index in [0.29, 0.717) is 29.6 Å². The quantitative estimate of drug-likeness (QED) is 0.292. The lowest BCUT2D eigenvalue weighted by Crippen LogP contribution is -2.31. The third-order valence-electron chi connectivity index (χ3n) is 9.72. The molecule has 1 saturated carbocycles. The molecular formula is C41H48. The zero-order valence-electron chi connectivity index (χ0n) is 26.2. The lowest BCUT2D eigenvalue weighted by Gasteiger charge is -2.41. The van der Waals surface area contributed by atoms with Gasteiger partial charge in [-0.1, -0.05) is 131 Å². The molecule has 41 heavy (non-hydrogen) atoms. The number of benzene rings is 2. The molecule has 0 nitrogen and oxygen atoms in total. The Bertz CT molecular complexity index is 1490. The minimum absolute atomic E-state index is 0.352. The van der Waals surface area contributed by atoms with E-state index in [1.54, 1.807) is 5.57 Å². The zero-order valence-corrected chi connectivity index (χ0v) is 26.2. The van der Waals surface area contributed by atoms with Crippen LogP contribution in [0.5, 0.6) is 0 Å². The fourth-order valence-corrected chi connectivity index (χ4v) is 7.56. The second kappa shape index (κ2) is 11.8. The van der Waals surface area contributed by atoms with Crippen molar-refractivity contribution in [3.8, 4) is 0 Å². The monoisotopic (exact) mass is 540 g/mol. The summed E-state index contributed by atoms with van der Waals surface area (Å²) in [6.07, 6.45) is 13.8. The SMILES string of the molecule is C=C(C)c1cc(C2=CC=C(C=C3CC4=CC(C)C(C(=C)CCC)C(c5ccc(C(C)C)cc5)C4C3=C)C2)ccc1C. The molecule has 1 fully saturated rings. The standard InChI is InChI=1S/C41H48/c1-10-11-28(7)39-29(8)20-37-23-36(30(9)40(37)41(39)33-18-16-32(17-19-33)25(2)3)22-31-13-15-34(21-31)35-14-12-27(6)38(24-35)26(4)5/h12-20,22,24-25,29,39-41H,4,7,9-11,21,23H2,1-3,5-6,8H3. The zero-order chi connectivity index (χ0) is 29.4. The summed E-state index contributed by atoms with van der Waals surface area (Å²) in [6, 6.07) is 16.3. The van der Waals surface area contributed by atoms with E-state index in [9.17, 15) is 0 Å². The second-order valence-electron chi connectivity index (χ2n) is 13.2. The summed E-state index contributed by atoms with van der Waals surface area (Å²) in [6.45, 7) is 27.1. The first-order valence-electron chi connectivity index (χ1n) is 15.6. The van der Waals surface area contributed by atoms with Gasteiger partial charge in [-0.15, -0.1) is 0 Å². The van der Waals surface area contributed by atoms with Crippen LogP contribution in [0.4, 0.5) is 0 Å². The predicted molar refractivity (Wildman–Crippen MR) is 180 cm³/mol. The first-order chi connectivity index (χ1) is 19.6. The Morgan fingerprint density at radius 3 is 2.41 bits per heavy atom. The van der Waals surface area contributed by atoms with Crippen LogP contribution in [0.3, 0.4) is 0 Å². The lowest BCUT2D eigenvalue weighted by molar-refractivity contribution is 0.322. The molecule has 0 heteroatoms. The summed E-state index contributed by atoms with van der Waals surface area (Å²) >= 11 is 0. The molecule has 0 bridgehead atoms. The van der Waals surface area contributed by atoms with Crippen molar-refractivity contribution in [2.45, 2.75) is 79.1 Å². The van der Waals surface area contributed by atoms with Crippen molar-refractivity contribution >= 4 is 11.1 Å². The highest BCUT2D eigenvalue weighted by atomic mass is 14.5. The van der Waals surface area contributed by atoms with E-state index in [4.69, 9.17) is 6.58 Å². The van der Waals surface area contributed by atoms with E-state index in [1.165, 1.54) is 55.7 Å². The molecule has 212 valence electrons. The van der Waals surface area contributed by atoms with Crippen LogP contribution in [-0.2, 0) is 0 Å². The molecule has 3 aliphatic rings. The van der Waals surface area contributed by atoms with Crippen molar-refractivity contribution in [3.05, 3.63) is 142 Å². The van der Waals surface area contributed by atoms with Crippen molar-refractivity contribution < 1.29 is 0 Å². The van der Waals surface area contributed by atoms with E-state index in [1.807, 2.05) is 0 Å². The summed E-state index contributed by atoms with van der Waals surface area (Å²) in [4.78, 5) is 0. The molecule has 4 unspecified atom stereocenters. The maximum atomic E-state index is 4.77. The van der Waals surface area contributed by atoms with Crippen molar-refractivity contribution in [2.75, 3.05) is 0 Å². The van der Waals surface area contributed by atoms with E-state index in [2.05, 4.69) is 121 Å². The van der Waals surface area contributed by atoms with Gasteiger partial charge >= 0.3 is 0 Å². The minimum Gasteiger partial charge on any atom is -0.0995 e. The van der Waals surface area contributed by atoms with Gasteiger partial charge in [-0.05, 0) is 107 Å². The van der Waals surface area contributed by atoms with Crippen LogP contribution in [0.1, 0.15) is 100.0 Å². The van der Waals surface area contributed by atoms with Gasteiger partial charge in [-0.25, -0.2) is 0 Å². The fourth-order valence-electron chi connectivity index (χ4n) is 7.56. The van der Waals surface area contributed by atoms with E-state index < -0.39 is 0 Å². The summed E-state index contributed by atoms with van der Waals surface area (Å²) < 4.78 is 0. The topological polar surface area (TPSA) is 0 Å². The van der Waals surface area contributed by atoms with Gasteiger partial charge in [-0.3, -0.25) is 0 Å². The molecule has 0 N–H and O–H groups in total. The average molecular weight is 541 g/mol. The van der Waals surface area contributed by atoms with Crippen LogP contribution in [0.25, 0.3) is 11.1 Å². The van der Waals surface area contributed by atoms with Gasteiger partial charge < -0.3 is 0 Å². The maximum Gasteiger partial charge on any atom is 0.0123 e. The molecular weight excluding hydrogens is 492 g/mol. The molecule has 2 aromatic carbocycles. The van der Waals surface area contributed by atoms with E-state index in [0.717, 1.165) is 31.3 Å². The summed E-state index contributed by atoms with van der Waals surface area (Å²) in [5, 5.41) is 0. The molecule has 0 amide bonds. The van der Waals surface area contributed by atoms with Crippen LogP contribution in [0.2, 0.25) is 0 Å². The van der Waals surface area contributed by atoms with E-state index in [-0.39, 0.29) is 0 Å². The number of fused-ring (bicyclic) bond motifs is 1. The van der Waals surface area contributed by atoms with Crippen molar-refractivity contribution in [3.63, 3.8) is 0 Å². The Morgan fingerprint density at radius 1 is 1.02 bits per heavy atom. The van der Waals surface area contributed by atoms with Gasteiger partial charge in [0.25, 0.3) is 0 Å². The lowest BCUT2D eigenvalue weighted by atomic mass is 9.62. The van der Waals surface area contributed by atoms with Gasteiger partial charge in [0.05, 0.1) is 0 Å². The Kier molecular flexibility index (Phi) is 8.42. The van der Waals surface area contributed by atoms with Crippen molar-refractivity contribution in [2.24, 2.45) is 17.8 Å². The molecule has 4 atom stereocenters. The average Bonchev–Trinajstić information content (AvgIpc) is 3.52. The number of allylic oxidation sites excluding steroid dienone is 11. The number of aryl methyl sites for hydroxylation is 1. The Hall–Kier alpha value is -3.38. The van der Waals surface area contributed by atoms with Crippen molar-refractivity contribution in [1.82, 2.24) is 0 Å². The molecule has 0 radical (unpaired) electrons. The molecule has 3 aliphatic carbocycles. The normalized spacial score (nSPS) is 24.8. The third kappa shape index (κ3) is 5.72. The number of rotatable bonds is 8. The fraction of sp³-hybridized carbons (Fsp3) is 0.366. The van der Waals surface area contributed by atoms with Gasteiger partial charge in [-0.2, -0.15) is 0 Å². The molecule has 0 aromatic heterocycles. The summed E-state index contributed by atoms with van der Waals surface area (Å²) in [5.74, 6) is 2.20. The van der Waals surface area contributed by atoms with Crippen LogP contribution in [0, 0.1) is 24.7 Å². The number of hydrogen-bond acceptors (Lipinski definition) is 0. The molecule has 5 rings (SSSR count). The molecule has 0 heterocycles. The maximum absolute atomic E-state index is 4.77. The van der Waals surface area contributed by atoms with E-state index >= 15 is 0 Å². The smallest absolute Gasteiger partial charge is 0.0123 e. The molecule has 0 aliphatic heterocycles. The Morgan fingerprint density at radius 2 is 1.76 bits per heavy atom. The van der Waals surface area contributed by atoms with Crippen LogP contribution >= 0.6 is 0 Å². The minimum atomic E-state index is 0.352. The van der Waals surface area contributed by atoms with Crippen LogP contribution in [-0.4, -0.2) is 0 Å². The van der Waals surface area contributed by atoms with Gasteiger partial charge in [0.1, 0.15) is 0 Å². The third-order valence-corrected chi connectivity index (χ3v) is 9.72. The van der Waals surface area contributed by atoms with Crippen LogP contribution < -0.4 is 0 Å². The molecule has 2 aromatic rings. The first-order valence-corrected chi connectivity index (χ1v) is 15.6. The summed E-state index contributed by atoms with van der Waals surface area (Å²) in [7, 11) is 0. The highest BCUT2D eigenvalue weighted by Crippen LogP contribution is 2.57. The number of hydrogen-bond donors (Lipinski definition) is 0. The highest BCUT2D eigenvalue weighted by molar-refractivity contribution is 5.77. The highest BCUT2D eigenvalue weighted by Gasteiger charge is 2.45. The Balaban J connectivity index is 1.43. The van der Waals surface area contributed by atoms with Gasteiger partial charge in [0.2, 0.25) is 0 Å². The largest absolute Gasteiger partial charge is 0.0995 e. The summed E-state index contributed by atoms with van der Waals surface area (Å²) in [5.41, 5.74) is 16.3. The first kappa shape index (κ1) is 29.1. The van der Waals surface area contributed by atoms with Gasteiger partial charge in [0, 0.05) is 11.8 Å². The molecule has 0 spiro atoms. The predicted octanol–water partition coefficient (Wildman–Crippen LogP) is 11.7. The second-order valence-corrected chi connectivity index (χ2v) is 13.2. The Labute approximate surface area is 249 Å². The van der Waals surface area contributed by atoms with Crippen molar-refractivity contribution in [1.29, 1.82) is 0 Å².